The van der Waals surface area contributed by atoms with Crippen LogP contribution in [0.1, 0.15) is 20.7 Å². The average molecular weight is 354 g/mol. The summed E-state index contributed by atoms with van der Waals surface area (Å²) in [5.41, 5.74) is 0.854. The maximum atomic E-state index is 12.4. The Hall–Kier alpha value is -3.68. The number of ketones is 1. The van der Waals surface area contributed by atoms with Crippen LogP contribution >= 0.6 is 0 Å². The van der Waals surface area contributed by atoms with Gasteiger partial charge in [0.1, 0.15) is 0 Å². The Balaban J connectivity index is 1.81. The third-order valence-corrected chi connectivity index (χ3v) is 3.83. The summed E-state index contributed by atoms with van der Waals surface area (Å²) in [6, 6.07) is 10.9. The number of rotatable bonds is 6. The minimum Gasteiger partial charge on any atom is -0.478 e. The van der Waals surface area contributed by atoms with Gasteiger partial charge in [0.25, 0.3) is 0 Å². The van der Waals surface area contributed by atoms with Crippen LogP contribution in [0.15, 0.2) is 48.7 Å². The fraction of sp³-hybridized carbons (Fsp3) is 0.111. The van der Waals surface area contributed by atoms with Crippen molar-refractivity contribution in [2.75, 3.05) is 13.7 Å². The average Bonchev–Trinajstić information content (AvgIpc) is 3.09. The number of fused-ring (bicyclic) bond motifs is 1. The topological polar surface area (TPSA) is 112 Å². The first-order chi connectivity index (χ1) is 12.5. The Bertz CT molecular complexity index is 1010. The Labute approximate surface area is 147 Å². The van der Waals surface area contributed by atoms with E-state index in [1.165, 1.54) is 19.2 Å². The number of benzene rings is 2. The summed E-state index contributed by atoms with van der Waals surface area (Å²) >= 11 is 0. The second-order valence-corrected chi connectivity index (χ2v) is 5.39. The molecule has 0 unspecified atom stereocenters. The zero-order valence-corrected chi connectivity index (χ0v) is 13.7. The Kier molecular flexibility index (Phi) is 4.66. The smallest absolute Gasteiger partial charge is 0.338 e. The van der Waals surface area contributed by atoms with Gasteiger partial charge in [-0.15, -0.1) is 0 Å². The highest BCUT2D eigenvalue weighted by atomic mass is 16.6. The summed E-state index contributed by atoms with van der Waals surface area (Å²) in [5.74, 6) is -1.13. The highest BCUT2D eigenvalue weighted by molar-refractivity contribution is 6.08. The highest BCUT2D eigenvalue weighted by Gasteiger charge is 2.21. The molecule has 0 atom stereocenters. The number of carbonyl (C=O) groups is 2. The number of H-pyrrole nitrogens is 1. The van der Waals surface area contributed by atoms with E-state index in [0.29, 0.717) is 5.56 Å². The summed E-state index contributed by atoms with van der Waals surface area (Å²) in [6.45, 7) is -0.375. The predicted molar refractivity (Wildman–Crippen MR) is 92.6 cm³/mol. The normalized spacial score (nSPS) is 10.5. The molecule has 0 radical (unpaired) electrons. The van der Waals surface area contributed by atoms with Crippen molar-refractivity contribution in [1.29, 1.82) is 0 Å². The van der Waals surface area contributed by atoms with Crippen molar-refractivity contribution >= 4 is 28.3 Å². The number of esters is 1. The zero-order valence-electron chi connectivity index (χ0n) is 13.7. The molecule has 0 aliphatic carbocycles. The predicted octanol–water partition coefficient (Wildman–Crippen LogP) is 3.12. The van der Waals surface area contributed by atoms with E-state index in [9.17, 15) is 19.7 Å². The molecule has 0 aliphatic heterocycles. The minimum absolute atomic E-state index is 0.0227. The van der Waals surface area contributed by atoms with Gasteiger partial charge in [-0.25, -0.2) is 4.79 Å². The summed E-state index contributed by atoms with van der Waals surface area (Å²) in [5, 5.41) is 12.0. The molecule has 0 amide bonds. The molecule has 0 bridgehead atoms. The molecule has 1 heterocycles. The maximum absolute atomic E-state index is 12.4. The van der Waals surface area contributed by atoms with Crippen molar-refractivity contribution < 1.29 is 24.0 Å². The third-order valence-electron chi connectivity index (χ3n) is 3.83. The molecule has 0 fully saturated rings. The van der Waals surface area contributed by atoms with Crippen LogP contribution in [0.3, 0.4) is 0 Å². The van der Waals surface area contributed by atoms with Gasteiger partial charge in [-0.1, -0.05) is 18.2 Å². The van der Waals surface area contributed by atoms with E-state index in [4.69, 9.17) is 4.74 Å². The number of Topliss-reactive ketones (excluding diaryl/α,β-unsaturated/α-hetero) is 1. The Morgan fingerprint density at radius 1 is 1.19 bits per heavy atom. The van der Waals surface area contributed by atoms with E-state index in [1.54, 1.807) is 12.3 Å². The second-order valence-electron chi connectivity index (χ2n) is 5.39. The van der Waals surface area contributed by atoms with E-state index in [-0.39, 0.29) is 23.7 Å². The van der Waals surface area contributed by atoms with Crippen LogP contribution in [-0.2, 0) is 4.74 Å². The lowest BCUT2D eigenvalue weighted by Crippen LogP contribution is -2.12. The summed E-state index contributed by atoms with van der Waals surface area (Å²) in [7, 11) is 1.18. The van der Waals surface area contributed by atoms with Crippen LogP contribution < -0.4 is 4.74 Å². The van der Waals surface area contributed by atoms with Crippen molar-refractivity contribution in [2.24, 2.45) is 0 Å². The Morgan fingerprint density at radius 3 is 2.69 bits per heavy atom. The molecule has 0 spiro atoms. The van der Waals surface area contributed by atoms with Gasteiger partial charge in [-0.2, -0.15) is 0 Å². The molecule has 1 N–H and O–H groups in total. The fourth-order valence-corrected chi connectivity index (χ4v) is 2.55. The number of hydrogen-bond donors (Lipinski definition) is 1. The highest BCUT2D eigenvalue weighted by Crippen LogP contribution is 2.28. The first kappa shape index (κ1) is 17.2. The molecule has 0 aliphatic rings. The standard InChI is InChI=1S/C18H14N2O6/c1-25-18(22)11-6-7-17(15(8-11)20(23)24)26-10-16(21)13-9-19-14-5-3-2-4-12(13)14/h2-9,19H,10H2,1H3. The maximum Gasteiger partial charge on any atom is 0.338 e. The molecule has 8 heteroatoms. The van der Waals surface area contributed by atoms with Gasteiger partial charge in [0, 0.05) is 28.7 Å². The van der Waals surface area contributed by atoms with E-state index in [1.807, 2.05) is 18.2 Å². The summed E-state index contributed by atoms with van der Waals surface area (Å²) < 4.78 is 9.88. The first-order valence-electron chi connectivity index (χ1n) is 7.60. The first-order valence-corrected chi connectivity index (χ1v) is 7.60. The lowest BCUT2D eigenvalue weighted by molar-refractivity contribution is -0.385. The zero-order chi connectivity index (χ0) is 18.7. The quantitative estimate of drug-likeness (QED) is 0.315. The van der Waals surface area contributed by atoms with Crippen LogP contribution in [0, 0.1) is 10.1 Å². The SMILES string of the molecule is COC(=O)c1ccc(OCC(=O)c2c[nH]c3ccccc23)c([N+](=O)[O-])c1. The Morgan fingerprint density at radius 2 is 1.96 bits per heavy atom. The van der Waals surface area contributed by atoms with E-state index < -0.39 is 16.6 Å². The van der Waals surface area contributed by atoms with Crippen molar-refractivity contribution in [3.05, 3.63) is 69.9 Å². The number of aromatic nitrogens is 1. The van der Waals surface area contributed by atoms with Crippen LogP contribution in [-0.4, -0.2) is 35.4 Å². The molecule has 1 aromatic heterocycles. The molecular formula is C18H14N2O6. The molecule has 3 rings (SSSR count). The number of nitrogens with zero attached hydrogens (tertiary/aromatic N) is 1. The summed E-state index contributed by atoms with van der Waals surface area (Å²) in [6.07, 6.45) is 1.57. The van der Waals surface area contributed by atoms with Gasteiger partial charge in [-0.05, 0) is 18.2 Å². The van der Waals surface area contributed by atoms with E-state index in [2.05, 4.69) is 9.72 Å². The fourth-order valence-electron chi connectivity index (χ4n) is 2.55. The van der Waals surface area contributed by atoms with E-state index >= 15 is 0 Å². The molecule has 2 aromatic carbocycles. The number of nitro benzene ring substituents is 1. The van der Waals surface area contributed by atoms with Crippen molar-refractivity contribution in [1.82, 2.24) is 4.98 Å². The number of nitrogens with one attached hydrogen (secondary N) is 1. The molecule has 132 valence electrons. The molecule has 26 heavy (non-hydrogen) atoms. The summed E-state index contributed by atoms with van der Waals surface area (Å²) in [4.78, 5) is 37.4. The van der Waals surface area contributed by atoms with Gasteiger partial charge in [0.15, 0.2) is 12.4 Å². The number of hydrogen-bond acceptors (Lipinski definition) is 6. The van der Waals surface area contributed by atoms with Crippen LogP contribution in [0.25, 0.3) is 10.9 Å². The number of para-hydroxylation sites is 1. The van der Waals surface area contributed by atoms with Gasteiger partial charge in [0.05, 0.1) is 17.6 Å². The monoisotopic (exact) mass is 354 g/mol. The lowest BCUT2D eigenvalue weighted by atomic mass is 10.1. The second kappa shape index (κ2) is 7.06. The molecule has 0 saturated carbocycles. The number of ether oxygens (including phenoxy) is 2. The number of aromatic amines is 1. The molecule has 8 nitrogen and oxygen atoms in total. The van der Waals surface area contributed by atoms with E-state index in [0.717, 1.165) is 17.0 Å². The van der Waals surface area contributed by atoms with Crippen LogP contribution in [0.4, 0.5) is 5.69 Å². The van der Waals surface area contributed by atoms with Crippen LogP contribution in [0.2, 0.25) is 0 Å². The number of methoxy groups -OCH3 is 1. The van der Waals surface area contributed by atoms with Crippen molar-refractivity contribution in [3.63, 3.8) is 0 Å². The van der Waals surface area contributed by atoms with Gasteiger partial charge >= 0.3 is 11.7 Å². The van der Waals surface area contributed by atoms with Gasteiger partial charge in [-0.3, -0.25) is 14.9 Å². The number of carbonyl (C=O) groups excluding carboxylic acids is 2. The van der Waals surface area contributed by atoms with Crippen molar-refractivity contribution in [2.45, 2.75) is 0 Å². The van der Waals surface area contributed by atoms with Gasteiger partial charge in [0.2, 0.25) is 5.78 Å². The molecule has 0 saturated heterocycles. The van der Waals surface area contributed by atoms with Crippen LogP contribution in [0.5, 0.6) is 5.75 Å². The third kappa shape index (κ3) is 3.25. The minimum atomic E-state index is -0.700. The van der Waals surface area contributed by atoms with Gasteiger partial charge < -0.3 is 14.5 Å². The number of nitro groups is 1. The largest absolute Gasteiger partial charge is 0.478 e. The van der Waals surface area contributed by atoms with Crippen molar-refractivity contribution in [3.8, 4) is 5.75 Å². The molecule has 3 aromatic rings. The lowest BCUT2D eigenvalue weighted by Gasteiger charge is -2.07. The molecular weight excluding hydrogens is 340 g/mol.